The smallest absolute Gasteiger partial charge is 0.293 e. The number of hydrogen-bond acceptors (Lipinski definition) is 3. The molecule has 0 aromatic carbocycles. The Labute approximate surface area is 60.3 Å². The highest BCUT2D eigenvalue weighted by Crippen LogP contribution is 2.15. The lowest BCUT2D eigenvalue weighted by atomic mass is 10.1. The van der Waals surface area contributed by atoms with Crippen LogP contribution in [0.1, 0.15) is 19.8 Å². The molecule has 0 saturated carbocycles. The van der Waals surface area contributed by atoms with Crippen molar-refractivity contribution in [2.45, 2.75) is 32.0 Å². The molecule has 0 N–H and O–H groups in total. The van der Waals surface area contributed by atoms with E-state index in [-0.39, 0.29) is 12.2 Å². The largest absolute Gasteiger partial charge is 0.464 e. The van der Waals surface area contributed by atoms with Gasteiger partial charge in [0.25, 0.3) is 6.47 Å². The highest BCUT2D eigenvalue weighted by Gasteiger charge is 2.19. The Bertz CT molecular complexity index is 113. The highest BCUT2D eigenvalue weighted by atomic mass is 16.5. The molecule has 1 rings (SSSR count). The van der Waals surface area contributed by atoms with Gasteiger partial charge in [0.1, 0.15) is 6.10 Å². The lowest BCUT2D eigenvalue weighted by Gasteiger charge is -2.25. The van der Waals surface area contributed by atoms with Crippen LogP contribution < -0.4 is 0 Å². The van der Waals surface area contributed by atoms with Crippen molar-refractivity contribution in [1.82, 2.24) is 0 Å². The van der Waals surface area contributed by atoms with Gasteiger partial charge in [-0.25, -0.2) is 0 Å². The average molecular weight is 144 g/mol. The summed E-state index contributed by atoms with van der Waals surface area (Å²) in [7, 11) is 0. The average Bonchev–Trinajstić information content (AvgIpc) is 1.88. The van der Waals surface area contributed by atoms with E-state index in [9.17, 15) is 4.79 Å². The lowest BCUT2D eigenvalue weighted by molar-refractivity contribution is -0.140. The third kappa shape index (κ3) is 1.99. The molecule has 0 radical (unpaired) electrons. The van der Waals surface area contributed by atoms with Gasteiger partial charge in [0.2, 0.25) is 0 Å². The number of hydrogen-bond donors (Lipinski definition) is 0. The van der Waals surface area contributed by atoms with Crippen molar-refractivity contribution < 1.29 is 14.3 Å². The van der Waals surface area contributed by atoms with Crippen LogP contribution in [-0.2, 0) is 14.3 Å². The molecular formula is C7H12O3. The zero-order valence-corrected chi connectivity index (χ0v) is 6.08. The Balaban J connectivity index is 2.24. The Morgan fingerprint density at radius 2 is 2.50 bits per heavy atom. The summed E-state index contributed by atoms with van der Waals surface area (Å²) in [6.45, 7) is 3.21. The minimum absolute atomic E-state index is 0.0845. The maximum Gasteiger partial charge on any atom is 0.293 e. The SMILES string of the molecule is CC1CC(OC=O)CCO1. The molecule has 1 saturated heterocycles. The van der Waals surface area contributed by atoms with Gasteiger partial charge in [0, 0.05) is 12.8 Å². The van der Waals surface area contributed by atoms with Crippen LogP contribution in [0.5, 0.6) is 0 Å². The van der Waals surface area contributed by atoms with Crippen LogP contribution in [0.3, 0.4) is 0 Å². The molecule has 0 amide bonds. The molecule has 0 aromatic rings. The second-order valence-electron chi connectivity index (χ2n) is 2.56. The number of carbonyl (C=O) groups is 1. The first kappa shape index (κ1) is 7.54. The quantitative estimate of drug-likeness (QED) is 0.536. The maximum absolute atomic E-state index is 9.92. The fourth-order valence-corrected chi connectivity index (χ4v) is 1.16. The molecule has 2 unspecified atom stereocenters. The monoisotopic (exact) mass is 144 g/mol. The third-order valence-corrected chi connectivity index (χ3v) is 1.69. The zero-order chi connectivity index (χ0) is 7.40. The first-order valence-electron chi connectivity index (χ1n) is 3.53. The van der Waals surface area contributed by atoms with Crippen molar-refractivity contribution in [3.8, 4) is 0 Å². The van der Waals surface area contributed by atoms with Gasteiger partial charge in [-0.05, 0) is 6.92 Å². The molecule has 3 heteroatoms. The Kier molecular flexibility index (Phi) is 2.68. The molecule has 1 aliphatic rings. The summed E-state index contributed by atoms with van der Waals surface area (Å²) in [5, 5.41) is 0. The molecule has 58 valence electrons. The van der Waals surface area contributed by atoms with Crippen molar-refractivity contribution in [3.05, 3.63) is 0 Å². The van der Waals surface area contributed by atoms with Gasteiger partial charge in [0.05, 0.1) is 12.7 Å². The standard InChI is InChI=1S/C7H12O3/c1-6-4-7(10-5-8)2-3-9-6/h5-7H,2-4H2,1H3. The van der Waals surface area contributed by atoms with Crippen molar-refractivity contribution in [2.75, 3.05) is 6.61 Å². The molecule has 3 nitrogen and oxygen atoms in total. The van der Waals surface area contributed by atoms with Crippen molar-refractivity contribution in [1.29, 1.82) is 0 Å². The highest BCUT2D eigenvalue weighted by molar-refractivity contribution is 5.37. The lowest BCUT2D eigenvalue weighted by Crippen LogP contribution is -2.28. The predicted octanol–water partition coefficient (Wildman–Crippen LogP) is 0.727. The Morgan fingerprint density at radius 3 is 3.10 bits per heavy atom. The number of ether oxygens (including phenoxy) is 2. The summed E-state index contributed by atoms with van der Waals surface area (Å²) in [5.41, 5.74) is 0. The van der Waals surface area contributed by atoms with Gasteiger partial charge in [-0.1, -0.05) is 0 Å². The van der Waals surface area contributed by atoms with E-state index in [2.05, 4.69) is 0 Å². The van der Waals surface area contributed by atoms with Gasteiger partial charge in [0.15, 0.2) is 0 Å². The molecule has 1 fully saturated rings. The second-order valence-corrected chi connectivity index (χ2v) is 2.56. The van der Waals surface area contributed by atoms with E-state index in [4.69, 9.17) is 9.47 Å². The van der Waals surface area contributed by atoms with Crippen LogP contribution >= 0.6 is 0 Å². The van der Waals surface area contributed by atoms with Crippen LogP contribution in [0, 0.1) is 0 Å². The summed E-state index contributed by atoms with van der Waals surface area (Å²) in [5.74, 6) is 0. The molecule has 2 atom stereocenters. The van der Waals surface area contributed by atoms with E-state index in [1.807, 2.05) is 6.92 Å². The van der Waals surface area contributed by atoms with E-state index < -0.39 is 0 Å². The van der Waals surface area contributed by atoms with Gasteiger partial charge in [-0.2, -0.15) is 0 Å². The molecule has 1 heterocycles. The summed E-state index contributed by atoms with van der Waals surface area (Å²) < 4.78 is 10.1. The van der Waals surface area contributed by atoms with E-state index in [0.717, 1.165) is 12.8 Å². The normalized spacial score (nSPS) is 33.3. The summed E-state index contributed by atoms with van der Waals surface area (Å²) in [6.07, 6.45) is 1.99. The second kappa shape index (κ2) is 3.56. The molecule has 10 heavy (non-hydrogen) atoms. The Hall–Kier alpha value is -0.570. The van der Waals surface area contributed by atoms with Crippen molar-refractivity contribution in [3.63, 3.8) is 0 Å². The van der Waals surface area contributed by atoms with Crippen LogP contribution in [0.25, 0.3) is 0 Å². The predicted molar refractivity (Wildman–Crippen MR) is 35.6 cm³/mol. The third-order valence-electron chi connectivity index (χ3n) is 1.69. The van der Waals surface area contributed by atoms with E-state index in [0.29, 0.717) is 13.1 Å². The number of rotatable bonds is 2. The van der Waals surface area contributed by atoms with E-state index in [1.165, 1.54) is 0 Å². The van der Waals surface area contributed by atoms with Gasteiger partial charge >= 0.3 is 0 Å². The summed E-state index contributed by atoms with van der Waals surface area (Å²) in [6, 6.07) is 0. The minimum atomic E-state index is 0.0845. The van der Waals surface area contributed by atoms with Crippen molar-refractivity contribution >= 4 is 6.47 Å². The van der Waals surface area contributed by atoms with Crippen LogP contribution in [0.4, 0.5) is 0 Å². The minimum Gasteiger partial charge on any atom is -0.464 e. The van der Waals surface area contributed by atoms with E-state index >= 15 is 0 Å². The molecule has 0 aliphatic carbocycles. The zero-order valence-electron chi connectivity index (χ0n) is 6.08. The Morgan fingerprint density at radius 1 is 1.70 bits per heavy atom. The van der Waals surface area contributed by atoms with E-state index in [1.54, 1.807) is 0 Å². The van der Waals surface area contributed by atoms with Gasteiger partial charge < -0.3 is 9.47 Å². The molecule has 0 bridgehead atoms. The first-order chi connectivity index (χ1) is 4.83. The van der Waals surface area contributed by atoms with Crippen molar-refractivity contribution in [2.24, 2.45) is 0 Å². The summed E-state index contributed by atoms with van der Waals surface area (Å²) in [4.78, 5) is 9.92. The summed E-state index contributed by atoms with van der Waals surface area (Å²) >= 11 is 0. The molecular weight excluding hydrogens is 132 g/mol. The fourth-order valence-electron chi connectivity index (χ4n) is 1.16. The first-order valence-corrected chi connectivity index (χ1v) is 3.53. The maximum atomic E-state index is 9.92. The molecule has 1 aliphatic heterocycles. The van der Waals surface area contributed by atoms with Crippen LogP contribution in [-0.4, -0.2) is 25.3 Å². The van der Waals surface area contributed by atoms with Gasteiger partial charge in [-0.15, -0.1) is 0 Å². The topological polar surface area (TPSA) is 35.5 Å². The molecule has 0 aromatic heterocycles. The van der Waals surface area contributed by atoms with Crippen LogP contribution in [0.15, 0.2) is 0 Å². The van der Waals surface area contributed by atoms with Crippen LogP contribution in [0.2, 0.25) is 0 Å². The molecule has 0 spiro atoms. The fraction of sp³-hybridized carbons (Fsp3) is 0.857. The van der Waals surface area contributed by atoms with Gasteiger partial charge in [-0.3, -0.25) is 4.79 Å². The number of carbonyl (C=O) groups excluding carboxylic acids is 1.